The number of fused-ring (bicyclic) bond motifs is 7. The highest BCUT2D eigenvalue weighted by Gasteiger charge is 2.69. The fourth-order valence-corrected chi connectivity index (χ4v) is 16.0. The summed E-state index contributed by atoms with van der Waals surface area (Å²) in [6.07, 6.45) is 14.4. The Morgan fingerprint density at radius 1 is 1.00 bits per heavy atom. The molecule has 0 aromatic heterocycles. The van der Waals surface area contributed by atoms with Crippen LogP contribution in [0.4, 0.5) is 4.39 Å². The molecule has 0 amide bonds. The third-order valence-corrected chi connectivity index (χ3v) is 20.0. The molecule has 2 N–H and O–H groups in total. The molecule has 52 heavy (non-hydrogen) atoms. The predicted molar refractivity (Wildman–Crippen MR) is 211 cm³/mol. The van der Waals surface area contributed by atoms with Gasteiger partial charge in [-0.2, -0.15) is 0 Å². The lowest BCUT2D eigenvalue weighted by molar-refractivity contribution is -0.196. The van der Waals surface area contributed by atoms with Crippen LogP contribution in [-0.2, 0) is 29.3 Å². The van der Waals surface area contributed by atoms with Crippen LogP contribution in [-0.4, -0.2) is 75.9 Å². The third kappa shape index (κ3) is 5.73. The average molecular weight is 757 g/mol. The van der Waals surface area contributed by atoms with Gasteiger partial charge in [-0.3, -0.25) is 9.59 Å². The number of carbonyl (C=O) groups excluding carboxylic acids is 1. The molecule has 8 atom stereocenters. The Hall–Kier alpha value is -1.42. The number of allylic oxidation sites excluding steroid dienone is 5. The number of hydrogen-bond acceptors (Lipinski definition) is 5. The van der Waals surface area contributed by atoms with E-state index in [4.69, 9.17) is 0 Å². The molecule has 6 nitrogen and oxygen atoms in total. The second kappa shape index (κ2) is 13.7. The molecule has 7 rings (SSSR count). The summed E-state index contributed by atoms with van der Waals surface area (Å²) in [5.74, 6) is 3.10. The van der Waals surface area contributed by atoms with Gasteiger partial charge in [-0.05, 0) is 132 Å². The maximum atomic E-state index is 14.0. The SMILES string of the molecule is CC(C)C1=C2[C@H]3CC[C@@H]4[C@@]5(C)CC=C(C6=CC[C@@](CF)(C(=O)O)CC6)C(C)(C)[C@@H]5CC[C@@]4(C)[C@]3(C)CC[C@@]2(NCCN2CCS(=S=O)CC2)CC1=O. The Labute approximate surface area is 318 Å². The van der Waals surface area contributed by atoms with Crippen molar-refractivity contribution in [2.75, 3.05) is 44.4 Å². The Balaban J connectivity index is 1.16. The minimum absolute atomic E-state index is 0.0255. The van der Waals surface area contributed by atoms with Crippen molar-refractivity contribution in [1.82, 2.24) is 10.2 Å². The van der Waals surface area contributed by atoms with E-state index in [-0.39, 0.29) is 49.0 Å². The van der Waals surface area contributed by atoms with Crippen LogP contribution in [0, 0.1) is 50.7 Å². The second-order valence-electron chi connectivity index (χ2n) is 19.7. The van der Waals surface area contributed by atoms with Gasteiger partial charge in [-0.25, -0.2) is 8.60 Å². The Bertz CT molecular complexity index is 1650. The summed E-state index contributed by atoms with van der Waals surface area (Å²) in [6, 6.07) is 0. The molecule has 9 heteroatoms. The quantitative estimate of drug-likeness (QED) is 0.261. The number of halogens is 1. The van der Waals surface area contributed by atoms with E-state index in [9.17, 15) is 23.3 Å². The Morgan fingerprint density at radius 2 is 1.73 bits per heavy atom. The van der Waals surface area contributed by atoms with Crippen LogP contribution in [0.2, 0.25) is 0 Å². The van der Waals surface area contributed by atoms with Gasteiger partial charge in [0.05, 0.1) is 5.41 Å². The lowest BCUT2D eigenvalue weighted by Crippen LogP contribution is -2.66. The molecule has 0 unspecified atom stereocenters. The predicted octanol–water partition coefficient (Wildman–Crippen LogP) is 8.06. The fourth-order valence-electron chi connectivity index (χ4n) is 13.9. The number of carboxylic acid groups (broad SMARTS) is 1. The number of alkyl halides is 1. The minimum atomic E-state index is -1.27. The number of rotatable bonds is 8. The van der Waals surface area contributed by atoms with E-state index >= 15 is 0 Å². The molecule has 1 aliphatic heterocycles. The number of aliphatic carboxylic acids is 1. The molecule has 0 bridgehead atoms. The highest BCUT2D eigenvalue weighted by Crippen LogP contribution is 2.76. The van der Waals surface area contributed by atoms with Crippen molar-refractivity contribution in [1.29, 1.82) is 0 Å². The van der Waals surface area contributed by atoms with Gasteiger partial charge in [-0.1, -0.05) is 70.1 Å². The van der Waals surface area contributed by atoms with Gasteiger partial charge in [0.15, 0.2) is 5.78 Å². The minimum Gasteiger partial charge on any atom is -0.481 e. The van der Waals surface area contributed by atoms with E-state index in [0.29, 0.717) is 42.8 Å². The summed E-state index contributed by atoms with van der Waals surface area (Å²) < 4.78 is 25.4. The number of Topliss-reactive ketones (excluding diaryl/α,β-unsaturated/α-hetero) is 1. The van der Waals surface area contributed by atoms with Crippen molar-refractivity contribution in [2.24, 2.45) is 50.7 Å². The van der Waals surface area contributed by atoms with Gasteiger partial charge in [0.25, 0.3) is 0 Å². The lowest BCUT2D eigenvalue weighted by atomic mass is 9.33. The number of hydrogen-bond donors (Lipinski definition) is 2. The number of carboxylic acids is 1. The van der Waals surface area contributed by atoms with Crippen molar-refractivity contribution in [3.8, 4) is 0 Å². The molecule has 4 fully saturated rings. The van der Waals surface area contributed by atoms with Crippen LogP contribution in [0.3, 0.4) is 0 Å². The van der Waals surface area contributed by atoms with Gasteiger partial charge in [0.2, 0.25) is 0 Å². The Kier molecular flexibility index (Phi) is 10.2. The first kappa shape index (κ1) is 38.8. The molecule has 7 aliphatic rings. The Morgan fingerprint density at radius 3 is 2.35 bits per heavy atom. The molecule has 6 aliphatic carbocycles. The molecular weight excluding hydrogens is 692 g/mol. The summed E-state index contributed by atoms with van der Waals surface area (Å²) in [6.45, 7) is 20.2. The summed E-state index contributed by atoms with van der Waals surface area (Å²) in [5, 5.41) is 13.9. The van der Waals surface area contributed by atoms with Crippen molar-refractivity contribution in [2.45, 2.75) is 125 Å². The van der Waals surface area contributed by atoms with Crippen molar-refractivity contribution >= 4 is 31.4 Å². The van der Waals surface area contributed by atoms with Crippen molar-refractivity contribution in [3.05, 3.63) is 34.4 Å². The van der Waals surface area contributed by atoms with Gasteiger partial charge < -0.3 is 15.3 Å². The number of nitrogens with one attached hydrogen (secondary N) is 1. The van der Waals surface area contributed by atoms with Gasteiger partial charge in [0.1, 0.15) is 16.9 Å². The van der Waals surface area contributed by atoms with Gasteiger partial charge in [-0.15, -0.1) is 0 Å². The normalized spacial score (nSPS) is 42.2. The largest absolute Gasteiger partial charge is 0.481 e. The molecule has 1 heterocycles. The highest BCUT2D eigenvalue weighted by molar-refractivity contribution is 8.31. The van der Waals surface area contributed by atoms with Gasteiger partial charge >= 0.3 is 5.97 Å². The zero-order valence-corrected chi connectivity index (χ0v) is 34.6. The zero-order chi connectivity index (χ0) is 37.5. The van der Waals surface area contributed by atoms with E-state index in [1.54, 1.807) is 0 Å². The van der Waals surface area contributed by atoms with Crippen molar-refractivity contribution in [3.63, 3.8) is 0 Å². The van der Waals surface area contributed by atoms with Crippen LogP contribution in [0.25, 0.3) is 0 Å². The zero-order valence-electron chi connectivity index (χ0n) is 33.0. The first-order valence-corrected chi connectivity index (χ1v) is 23.3. The molecule has 0 aromatic rings. The summed E-state index contributed by atoms with van der Waals surface area (Å²) in [4.78, 5) is 28.5. The number of carbonyl (C=O) groups is 2. The average Bonchev–Trinajstić information content (AvgIpc) is 3.40. The van der Waals surface area contributed by atoms with Crippen LogP contribution < -0.4 is 5.32 Å². The molecule has 1 saturated heterocycles. The highest BCUT2D eigenvalue weighted by atomic mass is 32.8. The molecule has 290 valence electrons. The maximum absolute atomic E-state index is 14.0. The van der Waals surface area contributed by atoms with Gasteiger partial charge in [0, 0.05) is 49.6 Å². The molecule has 0 spiro atoms. The summed E-state index contributed by atoms with van der Waals surface area (Å²) in [5.41, 5.74) is 4.13. The topological polar surface area (TPSA) is 86.7 Å². The number of nitrogens with zero attached hydrogens (tertiary/aromatic N) is 1. The molecule has 3 saturated carbocycles. The van der Waals surface area contributed by atoms with E-state index in [0.717, 1.165) is 79.2 Å². The number of ketones is 1. The molecule has 0 aromatic carbocycles. The van der Waals surface area contributed by atoms with Crippen LogP contribution in [0.5, 0.6) is 0 Å². The van der Waals surface area contributed by atoms with Crippen LogP contribution in [0.1, 0.15) is 119 Å². The lowest BCUT2D eigenvalue weighted by Gasteiger charge is -2.71. The summed E-state index contributed by atoms with van der Waals surface area (Å²) in [7, 11) is 0.774. The molecular formula is C43H65FN2O4S2. The van der Waals surface area contributed by atoms with Crippen LogP contribution >= 0.6 is 0 Å². The fraction of sp³-hybridized carbons (Fsp3) is 0.814. The van der Waals surface area contributed by atoms with Crippen LogP contribution in [0.15, 0.2) is 34.4 Å². The molecule has 0 radical (unpaired) electrons. The first-order chi connectivity index (χ1) is 24.5. The summed E-state index contributed by atoms with van der Waals surface area (Å²) >= 11 is 0. The standard InChI is InChI=1S/C43H65FN2O4S2/c1-28(2)35-32(47)26-43(45-20-21-46-22-24-52(51-50)25-23-46)19-18-40(6)31(36(35)43)8-9-34-39(5)14-12-30(38(3,4)33(39)13-15-41(34,40)7)29-10-16-42(27-44,17-11-29)37(48)49/h10,12,28,31,33-34,45H,8-9,11,13-27H2,1-7H3,(H,48,49)/t31-,33+,34-,39+,40-,41-,42-,43-/m1/s1. The smallest absolute Gasteiger partial charge is 0.312 e. The monoisotopic (exact) mass is 756 g/mol. The third-order valence-electron chi connectivity index (χ3n) is 16.9. The second-order valence-corrected chi connectivity index (χ2v) is 23.3. The van der Waals surface area contributed by atoms with Crippen molar-refractivity contribution < 1.29 is 23.3 Å². The van der Waals surface area contributed by atoms with E-state index in [1.807, 2.05) is 0 Å². The van der Waals surface area contributed by atoms with E-state index in [1.165, 1.54) is 36.0 Å². The first-order valence-electron chi connectivity index (χ1n) is 20.4. The maximum Gasteiger partial charge on any atom is 0.312 e. The van der Waals surface area contributed by atoms with E-state index in [2.05, 4.69) is 70.8 Å². The van der Waals surface area contributed by atoms with E-state index < -0.39 is 18.1 Å².